The van der Waals surface area contributed by atoms with Gasteiger partial charge in [0.05, 0.1) is 27.6 Å². The van der Waals surface area contributed by atoms with Crippen LogP contribution in [0.1, 0.15) is 58.8 Å². The number of benzene rings is 1. The number of carbonyl (C=O) groups is 2. The monoisotopic (exact) mass is 642 g/mol. The third-order valence-electron chi connectivity index (χ3n) is 7.21. The quantitative estimate of drug-likeness (QED) is 0.247. The summed E-state index contributed by atoms with van der Waals surface area (Å²) < 4.78 is 13.7. The van der Waals surface area contributed by atoms with E-state index in [1.54, 1.807) is 0 Å². The zero-order valence-corrected chi connectivity index (χ0v) is 24.4. The van der Waals surface area contributed by atoms with E-state index in [4.69, 9.17) is 14.6 Å². The second-order valence-corrected chi connectivity index (χ2v) is 11.7. The number of esters is 1. The molecule has 0 fully saturated rings. The molecule has 0 spiro atoms. The molecule has 1 aromatic rings. The van der Waals surface area contributed by atoms with Crippen LogP contribution in [0.25, 0.3) is 0 Å². The van der Waals surface area contributed by atoms with Crippen LogP contribution in [0.3, 0.4) is 0 Å². The van der Waals surface area contributed by atoms with Crippen LogP contribution in [0.15, 0.2) is 50.9 Å². The molecule has 0 saturated carbocycles. The van der Waals surface area contributed by atoms with Crippen LogP contribution < -0.4 is 4.74 Å². The summed E-state index contributed by atoms with van der Waals surface area (Å²) in [5.74, 6) is -0.572. The lowest BCUT2D eigenvalue weighted by Crippen LogP contribution is -2.42. The highest BCUT2D eigenvalue weighted by Crippen LogP contribution is 2.44. The van der Waals surface area contributed by atoms with Gasteiger partial charge in [-0.05, 0) is 99.9 Å². The second kappa shape index (κ2) is 13.9. The molecule has 7 nitrogen and oxygen atoms in total. The summed E-state index contributed by atoms with van der Waals surface area (Å²) in [4.78, 5) is 24.1. The zero-order chi connectivity index (χ0) is 27.1. The van der Waals surface area contributed by atoms with Crippen LogP contribution in [0.2, 0.25) is 0 Å². The van der Waals surface area contributed by atoms with Crippen molar-refractivity contribution >= 4 is 43.8 Å². The predicted molar refractivity (Wildman–Crippen MR) is 147 cm³/mol. The Morgan fingerprint density at radius 1 is 1.16 bits per heavy atom. The highest BCUT2D eigenvalue weighted by atomic mass is 79.9. The molecule has 2 aliphatic rings. The van der Waals surface area contributed by atoms with Crippen LogP contribution in [0.4, 0.5) is 0 Å². The fourth-order valence-electron chi connectivity index (χ4n) is 5.32. The van der Waals surface area contributed by atoms with E-state index in [0.717, 1.165) is 20.9 Å². The molecule has 7 unspecified atom stereocenters. The largest absolute Gasteiger partial charge is 0.481 e. The van der Waals surface area contributed by atoms with Crippen molar-refractivity contribution in [2.24, 2.45) is 17.8 Å². The van der Waals surface area contributed by atoms with Crippen molar-refractivity contribution in [2.75, 3.05) is 0 Å². The number of allylic oxidation sites excluding steroid dienone is 3. The van der Waals surface area contributed by atoms with Gasteiger partial charge in [-0.25, -0.2) is 4.79 Å². The molecule has 37 heavy (non-hydrogen) atoms. The Morgan fingerprint density at radius 3 is 2.51 bits per heavy atom. The molecule has 2 aliphatic carbocycles. The van der Waals surface area contributed by atoms with E-state index in [9.17, 15) is 19.8 Å². The number of aliphatic carboxylic acids is 1. The smallest absolute Gasteiger partial charge is 0.347 e. The van der Waals surface area contributed by atoms with Gasteiger partial charge in [-0.3, -0.25) is 4.79 Å². The minimum absolute atomic E-state index is 0.00143. The van der Waals surface area contributed by atoms with Crippen molar-refractivity contribution in [3.05, 3.63) is 50.9 Å². The van der Waals surface area contributed by atoms with Crippen molar-refractivity contribution in [3.63, 3.8) is 0 Å². The van der Waals surface area contributed by atoms with E-state index < -0.39 is 30.3 Å². The standard InChI is InChI=1S/C28H36Br2O7/c1-3-23(36-27-21(29)7-5-8-22(27)30)28(35)37-24-9-4-6-17-11-10-16(2)20(26(17)24)13-12-18(31)14-19(32)15-25(33)34/h5-8,10-11,16,18-20,23-24,26,31-32H,3-4,9,12-15H2,1-2H3,(H,33,34). The third kappa shape index (κ3) is 8.15. The average Bonchev–Trinajstić information content (AvgIpc) is 2.83. The first-order valence-corrected chi connectivity index (χ1v) is 14.5. The van der Waals surface area contributed by atoms with Crippen LogP contribution >= 0.6 is 31.9 Å². The maximum atomic E-state index is 13.3. The van der Waals surface area contributed by atoms with Crippen molar-refractivity contribution in [1.29, 1.82) is 0 Å². The number of hydrogen-bond donors (Lipinski definition) is 3. The van der Waals surface area contributed by atoms with Crippen molar-refractivity contribution in [3.8, 4) is 5.75 Å². The summed E-state index contributed by atoms with van der Waals surface area (Å²) in [5, 5.41) is 29.2. The van der Waals surface area contributed by atoms with Gasteiger partial charge in [-0.15, -0.1) is 0 Å². The van der Waals surface area contributed by atoms with Gasteiger partial charge in [0, 0.05) is 5.92 Å². The third-order valence-corrected chi connectivity index (χ3v) is 8.46. The maximum absolute atomic E-state index is 13.3. The molecular formula is C28H36Br2O7. The summed E-state index contributed by atoms with van der Waals surface area (Å²) >= 11 is 6.96. The fourth-order valence-corrected chi connectivity index (χ4v) is 6.50. The molecule has 9 heteroatoms. The Morgan fingerprint density at radius 2 is 1.86 bits per heavy atom. The Labute approximate surface area is 235 Å². The van der Waals surface area contributed by atoms with Gasteiger partial charge < -0.3 is 24.8 Å². The number of hydrogen-bond acceptors (Lipinski definition) is 6. The lowest BCUT2D eigenvalue weighted by Gasteiger charge is -2.42. The average molecular weight is 644 g/mol. The van der Waals surface area contributed by atoms with E-state index in [1.165, 1.54) is 0 Å². The van der Waals surface area contributed by atoms with Gasteiger partial charge in [-0.2, -0.15) is 0 Å². The Balaban J connectivity index is 1.69. The number of rotatable bonds is 12. The number of para-hydroxylation sites is 1. The number of ether oxygens (including phenoxy) is 2. The first-order chi connectivity index (χ1) is 17.6. The Hall–Kier alpha value is -1.68. The summed E-state index contributed by atoms with van der Waals surface area (Å²) in [5.41, 5.74) is 1.15. The summed E-state index contributed by atoms with van der Waals surface area (Å²) in [6.07, 6.45) is 6.25. The number of carboxylic acids is 1. The van der Waals surface area contributed by atoms with Crippen molar-refractivity contribution < 1.29 is 34.4 Å². The van der Waals surface area contributed by atoms with E-state index in [1.807, 2.05) is 25.1 Å². The minimum Gasteiger partial charge on any atom is -0.481 e. The molecule has 0 bridgehead atoms. The first-order valence-electron chi connectivity index (χ1n) is 12.9. The van der Waals surface area contributed by atoms with Crippen LogP contribution in [-0.4, -0.2) is 51.7 Å². The number of carboxylic acid groups (broad SMARTS) is 1. The molecule has 0 radical (unpaired) electrons. The second-order valence-electron chi connectivity index (χ2n) is 9.95. The van der Waals surface area contributed by atoms with Gasteiger partial charge in [0.2, 0.25) is 0 Å². The van der Waals surface area contributed by atoms with Gasteiger partial charge >= 0.3 is 11.9 Å². The topological polar surface area (TPSA) is 113 Å². The summed E-state index contributed by atoms with van der Waals surface area (Å²) in [6.45, 7) is 4.01. The highest BCUT2D eigenvalue weighted by molar-refractivity contribution is 9.11. The molecular weight excluding hydrogens is 608 g/mol. The van der Waals surface area contributed by atoms with Crippen LogP contribution in [0, 0.1) is 17.8 Å². The lowest BCUT2D eigenvalue weighted by atomic mass is 9.66. The zero-order valence-electron chi connectivity index (χ0n) is 21.2. The summed E-state index contributed by atoms with van der Waals surface area (Å²) in [7, 11) is 0. The van der Waals surface area contributed by atoms with Gasteiger partial charge in [0.25, 0.3) is 0 Å². The molecule has 0 heterocycles. The van der Waals surface area contributed by atoms with Crippen molar-refractivity contribution in [1.82, 2.24) is 0 Å². The molecule has 0 aliphatic heterocycles. The van der Waals surface area contributed by atoms with E-state index >= 15 is 0 Å². The highest BCUT2D eigenvalue weighted by Gasteiger charge is 2.41. The van der Waals surface area contributed by atoms with Gasteiger partial charge in [-0.1, -0.05) is 38.1 Å². The van der Waals surface area contributed by atoms with E-state index in [2.05, 4.69) is 57.0 Å². The lowest BCUT2D eigenvalue weighted by molar-refractivity contribution is -0.162. The molecule has 3 rings (SSSR count). The summed E-state index contributed by atoms with van der Waals surface area (Å²) in [6, 6.07) is 5.58. The fraction of sp³-hybridized carbons (Fsp3) is 0.571. The van der Waals surface area contributed by atoms with E-state index in [-0.39, 0.29) is 36.7 Å². The first kappa shape index (κ1) is 29.9. The number of aliphatic hydroxyl groups is 2. The van der Waals surface area contributed by atoms with Crippen molar-refractivity contribution in [2.45, 2.75) is 83.2 Å². The number of aliphatic hydroxyl groups excluding tert-OH is 2. The maximum Gasteiger partial charge on any atom is 0.347 e. The Bertz CT molecular complexity index is 988. The number of fused-ring (bicyclic) bond motifs is 1. The number of carbonyl (C=O) groups excluding carboxylic acids is 1. The SMILES string of the molecule is CCC(Oc1c(Br)cccc1Br)C(=O)OC1CCC=C2C=CC(C)C(CCC(O)CC(O)CC(=O)O)C21. The Kier molecular flexibility index (Phi) is 11.2. The molecule has 0 saturated heterocycles. The molecule has 3 N–H and O–H groups in total. The number of halogens is 2. The predicted octanol–water partition coefficient (Wildman–Crippen LogP) is 5.81. The van der Waals surface area contributed by atoms with Gasteiger partial charge in [0.15, 0.2) is 6.10 Å². The molecule has 204 valence electrons. The molecule has 1 aromatic carbocycles. The molecule has 0 amide bonds. The minimum atomic E-state index is -1.09. The van der Waals surface area contributed by atoms with Crippen LogP contribution in [-0.2, 0) is 14.3 Å². The van der Waals surface area contributed by atoms with E-state index in [0.29, 0.717) is 31.4 Å². The van der Waals surface area contributed by atoms with Crippen LogP contribution in [0.5, 0.6) is 5.75 Å². The molecule has 7 atom stereocenters. The normalized spacial score (nSPS) is 25.4. The van der Waals surface area contributed by atoms with Gasteiger partial charge in [0.1, 0.15) is 11.9 Å². The molecule has 0 aromatic heterocycles.